The van der Waals surface area contributed by atoms with Crippen molar-refractivity contribution in [2.45, 2.75) is 76.1 Å². The van der Waals surface area contributed by atoms with Crippen molar-refractivity contribution in [2.75, 3.05) is 6.61 Å². The van der Waals surface area contributed by atoms with Crippen molar-refractivity contribution in [2.24, 2.45) is 0 Å². The van der Waals surface area contributed by atoms with Crippen molar-refractivity contribution >= 4 is 5.91 Å². The second-order valence-electron chi connectivity index (χ2n) is 5.31. The molecule has 0 aromatic heterocycles. The summed E-state index contributed by atoms with van der Waals surface area (Å²) < 4.78 is 12.9. The quantitative estimate of drug-likeness (QED) is 0.377. The maximum atomic E-state index is 11.9. The summed E-state index contributed by atoms with van der Waals surface area (Å²) >= 11 is 0. The number of ether oxygens (including phenoxy) is 1. The van der Waals surface area contributed by atoms with Gasteiger partial charge in [-0.2, -0.15) is 0 Å². The molecule has 0 radical (unpaired) electrons. The summed E-state index contributed by atoms with van der Waals surface area (Å²) in [5, 5.41) is 40.5. The highest BCUT2D eigenvalue weighted by atomic mass is 16.6. The van der Waals surface area contributed by atoms with Gasteiger partial charge in [-0.05, 0) is 6.42 Å². The smallest absolute Gasteiger partial charge is 0.222 e. The molecule has 5 N–H and O–H groups in total. The molecule has 7 heteroatoms. The van der Waals surface area contributed by atoms with E-state index in [2.05, 4.69) is 12.2 Å². The molecule has 124 valence electrons. The Balaban J connectivity index is 2.48. The minimum absolute atomic E-state index is 0.406. The zero-order valence-electron chi connectivity index (χ0n) is 13.3. The number of aliphatic hydroxyl groups is 4. The number of unbranched alkanes of at least 4 members (excludes halogenated alkanes) is 3. The standard InChI is InChI=1S/C14H27NO6/c1-2-3-4-5-6-7-10(17)15-14-13(20)12(19)11(18)9(8-16)21-14/h9,11-14,16,18-20H,2-8H2,1H3,(H,15,17)/t9-,11-,12+,13-,14?/m1/s1/i7D/t7?,9-,11-,12+,13-,14?. The Kier molecular flexibility index (Phi) is 7.38. The van der Waals surface area contributed by atoms with Crippen molar-refractivity contribution < 1.29 is 31.3 Å². The number of carbonyl (C=O) groups is 1. The molecule has 1 rings (SSSR count). The minimum atomic E-state index is -1.54. The van der Waals surface area contributed by atoms with Gasteiger partial charge >= 0.3 is 0 Å². The van der Waals surface area contributed by atoms with Crippen LogP contribution in [0, 0.1) is 0 Å². The molecular formula is C14H27NO6. The van der Waals surface area contributed by atoms with Crippen LogP contribution >= 0.6 is 0 Å². The van der Waals surface area contributed by atoms with Gasteiger partial charge in [0.25, 0.3) is 0 Å². The summed E-state index contributed by atoms with van der Waals surface area (Å²) in [4.78, 5) is 11.9. The first-order valence-electron chi connectivity index (χ1n) is 8.03. The van der Waals surface area contributed by atoms with E-state index in [4.69, 9.17) is 11.2 Å². The van der Waals surface area contributed by atoms with E-state index in [-0.39, 0.29) is 0 Å². The van der Waals surface area contributed by atoms with Gasteiger partial charge in [0.05, 0.1) is 6.61 Å². The maximum absolute atomic E-state index is 11.9. The lowest BCUT2D eigenvalue weighted by Gasteiger charge is -2.40. The van der Waals surface area contributed by atoms with Crippen LogP contribution in [-0.2, 0) is 9.53 Å². The van der Waals surface area contributed by atoms with E-state index in [1.165, 1.54) is 0 Å². The molecular weight excluding hydrogens is 278 g/mol. The van der Waals surface area contributed by atoms with Gasteiger partial charge in [-0.25, -0.2) is 0 Å². The summed E-state index contributed by atoms with van der Waals surface area (Å²) in [5.74, 6) is -0.610. The number of amides is 1. The molecule has 1 amide bonds. The van der Waals surface area contributed by atoms with Gasteiger partial charge in [-0.15, -0.1) is 0 Å². The van der Waals surface area contributed by atoms with Crippen LogP contribution in [-0.4, -0.2) is 63.6 Å². The van der Waals surface area contributed by atoms with Gasteiger partial charge in [0.2, 0.25) is 5.91 Å². The van der Waals surface area contributed by atoms with E-state index < -0.39 is 49.6 Å². The highest BCUT2D eigenvalue weighted by Crippen LogP contribution is 2.19. The Morgan fingerprint density at radius 3 is 2.43 bits per heavy atom. The van der Waals surface area contributed by atoms with Crippen LogP contribution in [0.15, 0.2) is 0 Å². The van der Waals surface area contributed by atoms with Gasteiger partial charge in [0.1, 0.15) is 24.4 Å². The molecule has 0 bridgehead atoms. The van der Waals surface area contributed by atoms with Crippen LogP contribution in [0.25, 0.3) is 0 Å². The Morgan fingerprint density at radius 1 is 1.14 bits per heavy atom. The third kappa shape index (κ3) is 5.52. The number of aliphatic hydroxyl groups excluding tert-OH is 4. The molecule has 0 spiro atoms. The lowest BCUT2D eigenvalue weighted by molar-refractivity contribution is -0.236. The van der Waals surface area contributed by atoms with E-state index in [1.54, 1.807) is 0 Å². The van der Waals surface area contributed by atoms with Crippen LogP contribution in [0.5, 0.6) is 0 Å². The predicted octanol–water partition coefficient (Wildman–Crippen LogP) is -0.737. The van der Waals surface area contributed by atoms with Gasteiger partial charge in [-0.1, -0.05) is 32.6 Å². The fraction of sp³-hybridized carbons (Fsp3) is 0.929. The van der Waals surface area contributed by atoms with Crippen LogP contribution < -0.4 is 5.32 Å². The molecule has 1 fully saturated rings. The highest BCUT2D eigenvalue weighted by molar-refractivity contribution is 5.76. The van der Waals surface area contributed by atoms with Gasteiger partial charge in [-0.3, -0.25) is 4.79 Å². The van der Waals surface area contributed by atoms with Gasteiger partial charge in [0, 0.05) is 7.77 Å². The van der Waals surface area contributed by atoms with E-state index in [0.717, 1.165) is 25.7 Å². The lowest BCUT2D eigenvalue weighted by Crippen LogP contribution is -2.63. The van der Waals surface area contributed by atoms with E-state index in [0.29, 0.717) is 6.42 Å². The average Bonchev–Trinajstić information content (AvgIpc) is 2.51. The Labute approximate surface area is 126 Å². The van der Waals surface area contributed by atoms with Crippen LogP contribution in [0.2, 0.25) is 0 Å². The molecule has 1 aliphatic heterocycles. The molecule has 0 saturated carbocycles. The number of hydrogen-bond acceptors (Lipinski definition) is 6. The first-order chi connectivity index (χ1) is 10.4. The van der Waals surface area contributed by atoms with Crippen molar-refractivity contribution in [3.05, 3.63) is 0 Å². The summed E-state index contributed by atoms with van der Waals surface area (Å²) in [6.45, 7) is 1.52. The third-order valence-electron chi connectivity index (χ3n) is 3.56. The van der Waals surface area contributed by atoms with Crippen LogP contribution in [0.4, 0.5) is 0 Å². The number of nitrogens with one attached hydrogen (secondary N) is 1. The summed E-state index contributed by atoms with van der Waals surface area (Å²) in [7, 11) is 0. The topological polar surface area (TPSA) is 119 Å². The molecule has 1 saturated heterocycles. The van der Waals surface area contributed by atoms with Crippen molar-refractivity contribution in [3.63, 3.8) is 0 Å². The van der Waals surface area contributed by atoms with Crippen molar-refractivity contribution in [1.82, 2.24) is 5.32 Å². The Bertz CT molecular complexity index is 343. The Morgan fingerprint density at radius 2 is 1.81 bits per heavy atom. The first kappa shape index (κ1) is 16.6. The molecule has 7 nitrogen and oxygen atoms in total. The van der Waals surface area contributed by atoms with E-state index >= 15 is 0 Å². The normalized spacial score (nSPS) is 35.1. The molecule has 0 aromatic carbocycles. The van der Waals surface area contributed by atoms with Crippen molar-refractivity contribution in [1.29, 1.82) is 0 Å². The largest absolute Gasteiger partial charge is 0.394 e. The van der Waals surface area contributed by atoms with Gasteiger partial charge in [0.15, 0.2) is 6.23 Å². The molecule has 2 unspecified atom stereocenters. The number of hydrogen-bond donors (Lipinski definition) is 5. The van der Waals surface area contributed by atoms with E-state index in [1.807, 2.05) is 0 Å². The average molecular weight is 306 g/mol. The van der Waals surface area contributed by atoms with Crippen molar-refractivity contribution in [3.8, 4) is 0 Å². The third-order valence-corrected chi connectivity index (χ3v) is 3.56. The summed E-state index contributed by atoms with van der Waals surface area (Å²) in [6.07, 6.45) is -3.57. The van der Waals surface area contributed by atoms with E-state index in [9.17, 15) is 20.1 Å². The first-order valence-corrected chi connectivity index (χ1v) is 7.45. The zero-order chi connectivity index (χ0) is 16.7. The van der Waals surface area contributed by atoms with Gasteiger partial charge < -0.3 is 30.5 Å². The molecule has 6 atom stereocenters. The summed E-state index contributed by atoms with van der Waals surface area (Å²) in [6, 6.07) is 0. The number of rotatable bonds is 8. The molecule has 0 aromatic rings. The molecule has 1 heterocycles. The fourth-order valence-electron chi connectivity index (χ4n) is 2.22. The number of carbonyl (C=O) groups excluding carboxylic acids is 1. The molecule has 1 aliphatic rings. The maximum Gasteiger partial charge on any atom is 0.222 e. The monoisotopic (exact) mass is 306 g/mol. The second kappa shape index (κ2) is 9.32. The zero-order valence-corrected chi connectivity index (χ0v) is 12.3. The van der Waals surface area contributed by atoms with Crippen LogP contribution in [0.1, 0.15) is 46.8 Å². The summed E-state index contributed by atoms with van der Waals surface area (Å²) in [5.41, 5.74) is 0. The predicted molar refractivity (Wildman–Crippen MR) is 75.3 cm³/mol. The second-order valence-corrected chi connectivity index (χ2v) is 5.31. The highest BCUT2D eigenvalue weighted by Gasteiger charge is 2.43. The molecule has 21 heavy (non-hydrogen) atoms. The van der Waals surface area contributed by atoms with Crippen LogP contribution in [0.3, 0.4) is 0 Å². The minimum Gasteiger partial charge on any atom is -0.394 e. The Hall–Kier alpha value is -0.730. The SMILES string of the molecule is [2H]C(CCCCCC)C(=O)NC1O[C@H](CO)[C@@H](O)[C@H](O)[C@H]1O. The fourth-order valence-corrected chi connectivity index (χ4v) is 2.22. The molecule has 0 aliphatic carbocycles. The lowest BCUT2D eigenvalue weighted by atomic mass is 9.98.